The summed E-state index contributed by atoms with van der Waals surface area (Å²) >= 11 is 0. The highest BCUT2D eigenvalue weighted by molar-refractivity contribution is 5.84. The van der Waals surface area contributed by atoms with Gasteiger partial charge in [-0.25, -0.2) is 9.48 Å². The molecule has 4 heterocycles. The fraction of sp³-hybridized carbons (Fsp3) is 0.176. The van der Waals surface area contributed by atoms with Gasteiger partial charge in [0.15, 0.2) is 5.65 Å². The molecule has 0 radical (unpaired) electrons. The molecule has 136 valence electrons. The second-order valence-corrected chi connectivity index (χ2v) is 5.92. The number of rotatable bonds is 4. The summed E-state index contributed by atoms with van der Waals surface area (Å²) in [4.78, 5) is 31.8. The predicted octanol–water partition coefficient (Wildman–Crippen LogP) is 0.942. The molecule has 0 spiro atoms. The Hall–Kier alpha value is -3.82. The number of aryl methyl sites for hydroxylation is 1. The van der Waals surface area contributed by atoms with Crippen LogP contribution in [0.25, 0.3) is 22.3 Å². The maximum atomic E-state index is 12.0. The van der Waals surface area contributed by atoms with E-state index in [1.165, 1.54) is 6.20 Å². The summed E-state index contributed by atoms with van der Waals surface area (Å²) < 4.78 is 7.56. The van der Waals surface area contributed by atoms with Gasteiger partial charge in [0.1, 0.15) is 11.8 Å². The van der Waals surface area contributed by atoms with Crippen LogP contribution in [0.3, 0.4) is 0 Å². The monoisotopic (exact) mass is 365 g/mol. The van der Waals surface area contributed by atoms with Crippen molar-refractivity contribution in [2.45, 2.75) is 13.0 Å². The zero-order valence-electron chi connectivity index (χ0n) is 14.5. The normalized spacial score (nSPS) is 12.2. The Kier molecular flexibility index (Phi) is 3.99. The number of H-pyrrole nitrogens is 2. The third-order valence-corrected chi connectivity index (χ3v) is 4.11. The molecule has 2 N–H and O–H groups in total. The molecule has 0 fully saturated rings. The molecule has 0 aliphatic heterocycles. The first-order valence-electron chi connectivity index (χ1n) is 8.12. The quantitative estimate of drug-likeness (QED) is 0.550. The number of fused-ring (bicyclic) bond motifs is 1. The number of aromatic nitrogens is 7. The van der Waals surface area contributed by atoms with E-state index < -0.39 is 11.2 Å². The summed E-state index contributed by atoms with van der Waals surface area (Å²) in [7, 11) is 1.73. The van der Waals surface area contributed by atoms with Gasteiger partial charge >= 0.3 is 5.69 Å². The summed E-state index contributed by atoms with van der Waals surface area (Å²) in [5, 5.41) is 13.2. The van der Waals surface area contributed by atoms with Gasteiger partial charge in [-0.3, -0.25) is 14.8 Å². The van der Waals surface area contributed by atoms with Crippen molar-refractivity contribution in [3.05, 3.63) is 63.2 Å². The topological polar surface area (TPSA) is 131 Å². The average Bonchev–Trinajstić information content (AvgIpc) is 2.97. The van der Waals surface area contributed by atoms with Gasteiger partial charge in [-0.2, -0.15) is 0 Å². The van der Waals surface area contributed by atoms with Crippen molar-refractivity contribution in [1.29, 1.82) is 0 Å². The number of aromatic amines is 2. The number of nitrogens with one attached hydrogen (secondary N) is 2. The molecule has 4 aromatic heterocycles. The molecule has 0 aromatic carbocycles. The third-order valence-electron chi connectivity index (χ3n) is 4.11. The predicted molar refractivity (Wildman–Crippen MR) is 96.3 cm³/mol. The van der Waals surface area contributed by atoms with Crippen molar-refractivity contribution in [1.82, 2.24) is 34.9 Å². The fourth-order valence-electron chi connectivity index (χ4n) is 2.71. The number of nitrogens with zero attached hydrogens (tertiary/aromatic N) is 5. The maximum Gasteiger partial charge on any atom is 0.325 e. The van der Waals surface area contributed by atoms with Crippen LogP contribution in [-0.4, -0.2) is 34.9 Å². The summed E-state index contributed by atoms with van der Waals surface area (Å²) in [6.45, 7) is 1.90. The second kappa shape index (κ2) is 6.48. The Morgan fingerprint density at radius 2 is 1.96 bits per heavy atom. The van der Waals surface area contributed by atoms with Gasteiger partial charge in [0.2, 0.25) is 5.88 Å². The number of pyridine rings is 1. The molecule has 0 aliphatic rings. The van der Waals surface area contributed by atoms with E-state index in [9.17, 15) is 9.59 Å². The van der Waals surface area contributed by atoms with E-state index in [-0.39, 0.29) is 11.7 Å². The minimum absolute atomic E-state index is 0.195. The molecule has 0 bridgehead atoms. The Bertz CT molecular complexity index is 1230. The van der Waals surface area contributed by atoms with Gasteiger partial charge in [0.25, 0.3) is 5.56 Å². The number of hydrogen-bond donors (Lipinski definition) is 2. The Labute approximate surface area is 151 Å². The summed E-state index contributed by atoms with van der Waals surface area (Å²) in [6.07, 6.45) is 4.42. The van der Waals surface area contributed by atoms with Crippen molar-refractivity contribution in [2.75, 3.05) is 0 Å². The van der Waals surface area contributed by atoms with Crippen LogP contribution in [0.1, 0.15) is 18.6 Å². The largest absolute Gasteiger partial charge is 0.468 e. The standard InChI is InChI=1S/C17H15N7O3/c1-9(10-3-5-18-6-4-10)27-16-11-7-13(21-22-14(11)24(2)23-16)12-8-19-17(26)20-15(12)25/h3-9H,1-2H3,(H2,19,20,25,26). The van der Waals surface area contributed by atoms with Gasteiger partial charge in [-0.15, -0.1) is 15.3 Å². The van der Waals surface area contributed by atoms with E-state index in [4.69, 9.17) is 4.74 Å². The summed E-state index contributed by atoms with van der Waals surface area (Å²) in [5.41, 5.74) is 0.813. The lowest BCUT2D eigenvalue weighted by atomic mass is 10.2. The number of hydrogen-bond acceptors (Lipinski definition) is 7. The molecular formula is C17H15N7O3. The van der Waals surface area contributed by atoms with Gasteiger partial charge in [0.05, 0.1) is 10.9 Å². The average molecular weight is 365 g/mol. The molecule has 0 saturated carbocycles. The molecule has 1 atom stereocenters. The zero-order chi connectivity index (χ0) is 19.0. The molecule has 1 unspecified atom stereocenters. The van der Waals surface area contributed by atoms with Crippen LogP contribution in [0.2, 0.25) is 0 Å². The molecule has 4 rings (SSSR count). The first-order valence-corrected chi connectivity index (χ1v) is 8.12. The molecular weight excluding hydrogens is 350 g/mol. The van der Waals surface area contributed by atoms with E-state index in [1.807, 2.05) is 19.1 Å². The van der Waals surface area contributed by atoms with Crippen molar-refractivity contribution in [3.63, 3.8) is 0 Å². The summed E-state index contributed by atoms with van der Waals surface area (Å²) in [6, 6.07) is 5.38. The van der Waals surface area contributed by atoms with Gasteiger partial charge in [-0.1, -0.05) is 0 Å². The van der Waals surface area contributed by atoms with E-state index in [0.717, 1.165) is 5.56 Å². The molecule has 27 heavy (non-hydrogen) atoms. The first-order chi connectivity index (χ1) is 13.0. The van der Waals surface area contributed by atoms with Crippen molar-refractivity contribution in [3.8, 4) is 17.1 Å². The van der Waals surface area contributed by atoms with Crippen molar-refractivity contribution < 1.29 is 4.74 Å². The van der Waals surface area contributed by atoms with Crippen molar-refractivity contribution >= 4 is 11.0 Å². The number of ether oxygens (including phenoxy) is 1. The van der Waals surface area contributed by atoms with E-state index >= 15 is 0 Å². The molecule has 4 aromatic rings. The van der Waals surface area contributed by atoms with Gasteiger partial charge in [-0.05, 0) is 30.7 Å². The van der Waals surface area contributed by atoms with Crippen LogP contribution in [0.4, 0.5) is 0 Å². The van der Waals surface area contributed by atoms with E-state index in [2.05, 4.69) is 30.2 Å². The third kappa shape index (κ3) is 3.08. The Morgan fingerprint density at radius 1 is 1.19 bits per heavy atom. The molecule has 0 saturated heterocycles. The lowest BCUT2D eigenvalue weighted by molar-refractivity contribution is 0.218. The fourth-order valence-corrected chi connectivity index (χ4v) is 2.71. The lowest BCUT2D eigenvalue weighted by Gasteiger charge is -2.12. The van der Waals surface area contributed by atoms with Gasteiger partial charge in [0, 0.05) is 25.6 Å². The minimum Gasteiger partial charge on any atom is -0.468 e. The van der Waals surface area contributed by atoms with Gasteiger partial charge < -0.3 is 9.72 Å². The SMILES string of the molecule is CC(Oc1nn(C)c2nnc(-c3c[nH]c(=O)[nH]c3=O)cc12)c1ccncc1. The molecule has 10 heteroatoms. The summed E-state index contributed by atoms with van der Waals surface area (Å²) in [5.74, 6) is 0.369. The maximum absolute atomic E-state index is 12.0. The molecule has 10 nitrogen and oxygen atoms in total. The molecule has 0 amide bonds. The van der Waals surface area contributed by atoms with E-state index in [0.29, 0.717) is 22.6 Å². The Balaban J connectivity index is 1.78. The Morgan fingerprint density at radius 3 is 2.70 bits per heavy atom. The molecule has 0 aliphatic carbocycles. The van der Waals surface area contributed by atoms with Crippen LogP contribution >= 0.6 is 0 Å². The zero-order valence-corrected chi connectivity index (χ0v) is 14.5. The highest BCUT2D eigenvalue weighted by Crippen LogP contribution is 2.29. The smallest absolute Gasteiger partial charge is 0.325 e. The lowest BCUT2D eigenvalue weighted by Crippen LogP contribution is -2.22. The first kappa shape index (κ1) is 16.6. The van der Waals surface area contributed by atoms with Crippen LogP contribution in [0.15, 0.2) is 46.4 Å². The highest BCUT2D eigenvalue weighted by Gasteiger charge is 2.18. The van der Waals surface area contributed by atoms with Crippen LogP contribution in [0, 0.1) is 0 Å². The van der Waals surface area contributed by atoms with Crippen LogP contribution in [0.5, 0.6) is 5.88 Å². The van der Waals surface area contributed by atoms with Crippen molar-refractivity contribution in [2.24, 2.45) is 7.05 Å². The van der Waals surface area contributed by atoms with Crippen LogP contribution < -0.4 is 16.0 Å². The second-order valence-electron chi connectivity index (χ2n) is 5.92. The van der Waals surface area contributed by atoms with Crippen LogP contribution in [-0.2, 0) is 7.05 Å². The van der Waals surface area contributed by atoms with E-state index in [1.54, 1.807) is 30.2 Å². The highest BCUT2D eigenvalue weighted by atomic mass is 16.5. The minimum atomic E-state index is -0.589.